The quantitative estimate of drug-likeness (QED) is 0.938. The van der Waals surface area contributed by atoms with Gasteiger partial charge in [0.05, 0.1) is 5.41 Å². The Hall–Kier alpha value is -1.68. The third-order valence-electron chi connectivity index (χ3n) is 4.68. The molecule has 1 atom stereocenters. The number of piperidine rings is 1. The lowest BCUT2D eigenvalue weighted by Crippen LogP contribution is -2.43. The van der Waals surface area contributed by atoms with Gasteiger partial charge in [0.1, 0.15) is 0 Å². The van der Waals surface area contributed by atoms with E-state index in [1.165, 1.54) is 17.5 Å². The highest BCUT2D eigenvalue weighted by atomic mass is 16.5. The van der Waals surface area contributed by atoms with E-state index in [4.69, 9.17) is 9.51 Å². The van der Waals surface area contributed by atoms with Crippen molar-refractivity contribution in [2.45, 2.75) is 44.9 Å². The Balaban J connectivity index is 1.81. The molecular formula is C17H23N3O. The van der Waals surface area contributed by atoms with E-state index in [1.54, 1.807) is 0 Å². The lowest BCUT2D eigenvalue weighted by atomic mass is 9.78. The third kappa shape index (κ3) is 2.86. The standard InChI is InChI=1S/C17H23N3O/c1-3-17(9-6-10-18-12-17)16-19-15(20-21-16)11-14-8-5-4-7-13(14)2/h4-5,7-8,18H,3,6,9-12H2,1-2H3. The van der Waals surface area contributed by atoms with Crippen molar-refractivity contribution in [3.05, 3.63) is 47.1 Å². The minimum Gasteiger partial charge on any atom is -0.339 e. The van der Waals surface area contributed by atoms with Crippen LogP contribution in [0.1, 0.15) is 49.0 Å². The van der Waals surface area contributed by atoms with Crippen LogP contribution in [0.2, 0.25) is 0 Å². The number of aromatic nitrogens is 2. The molecule has 0 saturated carbocycles. The van der Waals surface area contributed by atoms with Crippen LogP contribution in [0.3, 0.4) is 0 Å². The summed E-state index contributed by atoms with van der Waals surface area (Å²) in [6.07, 6.45) is 4.07. The molecule has 0 amide bonds. The number of rotatable bonds is 4. The van der Waals surface area contributed by atoms with E-state index < -0.39 is 0 Å². The number of benzene rings is 1. The molecule has 0 spiro atoms. The Kier molecular flexibility index (Phi) is 4.06. The molecule has 1 unspecified atom stereocenters. The van der Waals surface area contributed by atoms with Crippen molar-refractivity contribution < 1.29 is 4.52 Å². The summed E-state index contributed by atoms with van der Waals surface area (Å²) in [5.74, 6) is 1.60. The minimum atomic E-state index is 0.0230. The Bertz CT molecular complexity index is 600. The molecule has 2 heterocycles. The first kappa shape index (κ1) is 14.3. The predicted molar refractivity (Wildman–Crippen MR) is 82.4 cm³/mol. The zero-order valence-corrected chi connectivity index (χ0v) is 12.9. The molecule has 2 aromatic rings. The monoisotopic (exact) mass is 285 g/mol. The van der Waals surface area contributed by atoms with Gasteiger partial charge in [0.15, 0.2) is 5.82 Å². The van der Waals surface area contributed by atoms with Crippen molar-refractivity contribution in [1.29, 1.82) is 0 Å². The van der Waals surface area contributed by atoms with Crippen LogP contribution in [-0.2, 0) is 11.8 Å². The summed E-state index contributed by atoms with van der Waals surface area (Å²) in [5.41, 5.74) is 2.56. The summed E-state index contributed by atoms with van der Waals surface area (Å²) in [7, 11) is 0. The molecule has 0 bridgehead atoms. The van der Waals surface area contributed by atoms with Gasteiger partial charge >= 0.3 is 0 Å². The molecule has 1 aromatic heterocycles. The molecule has 4 nitrogen and oxygen atoms in total. The second kappa shape index (κ2) is 5.98. The van der Waals surface area contributed by atoms with E-state index >= 15 is 0 Å². The molecule has 1 saturated heterocycles. The van der Waals surface area contributed by atoms with Gasteiger partial charge in [-0.3, -0.25) is 0 Å². The highest BCUT2D eigenvalue weighted by molar-refractivity contribution is 5.28. The van der Waals surface area contributed by atoms with Crippen molar-refractivity contribution in [2.24, 2.45) is 0 Å². The van der Waals surface area contributed by atoms with E-state index in [0.717, 1.165) is 44.1 Å². The molecular weight excluding hydrogens is 262 g/mol. The highest BCUT2D eigenvalue weighted by Crippen LogP contribution is 2.33. The lowest BCUT2D eigenvalue weighted by Gasteiger charge is -2.33. The van der Waals surface area contributed by atoms with Crippen LogP contribution in [-0.4, -0.2) is 23.2 Å². The minimum absolute atomic E-state index is 0.0230. The summed E-state index contributed by atoms with van der Waals surface area (Å²) in [5, 5.41) is 7.67. The second-order valence-electron chi connectivity index (χ2n) is 6.03. The molecule has 1 fully saturated rings. The van der Waals surface area contributed by atoms with Crippen LogP contribution in [0.5, 0.6) is 0 Å². The third-order valence-corrected chi connectivity index (χ3v) is 4.68. The fraction of sp³-hybridized carbons (Fsp3) is 0.529. The summed E-state index contributed by atoms with van der Waals surface area (Å²) < 4.78 is 5.61. The van der Waals surface area contributed by atoms with E-state index in [-0.39, 0.29) is 5.41 Å². The first-order chi connectivity index (χ1) is 10.2. The summed E-state index contributed by atoms with van der Waals surface area (Å²) in [6, 6.07) is 8.36. The fourth-order valence-electron chi connectivity index (χ4n) is 3.12. The summed E-state index contributed by atoms with van der Waals surface area (Å²) >= 11 is 0. The number of aryl methyl sites for hydroxylation is 1. The Labute approximate surface area is 126 Å². The van der Waals surface area contributed by atoms with Crippen LogP contribution in [0.25, 0.3) is 0 Å². The van der Waals surface area contributed by atoms with Gasteiger partial charge < -0.3 is 9.84 Å². The molecule has 1 aromatic carbocycles. The molecule has 1 N–H and O–H groups in total. The first-order valence-electron chi connectivity index (χ1n) is 7.82. The molecule has 1 aliphatic heterocycles. The Morgan fingerprint density at radius 1 is 1.33 bits per heavy atom. The summed E-state index contributed by atoms with van der Waals surface area (Å²) in [4.78, 5) is 4.70. The zero-order chi connectivity index (χ0) is 14.7. The molecule has 21 heavy (non-hydrogen) atoms. The average Bonchev–Trinajstić information content (AvgIpc) is 2.99. The van der Waals surface area contributed by atoms with Crippen LogP contribution < -0.4 is 5.32 Å². The first-order valence-corrected chi connectivity index (χ1v) is 7.82. The molecule has 1 aliphatic rings. The normalized spacial score (nSPS) is 22.4. The average molecular weight is 285 g/mol. The maximum absolute atomic E-state index is 5.61. The number of nitrogens with zero attached hydrogens (tertiary/aromatic N) is 2. The van der Waals surface area contributed by atoms with Gasteiger partial charge in [0, 0.05) is 13.0 Å². The molecule has 0 radical (unpaired) electrons. The highest BCUT2D eigenvalue weighted by Gasteiger charge is 2.37. The van der Waals surface area contributed by atoms with E-state index in [1.807, 2.05) is 0 Å². The van der Waals surface area contributed by atoms with Gasteiger partial charge in [-0.25, -0.2) is 0 Å². The smallest absolute Gasteiger partial charge is 0.234 e. The fourth-order valence-corrected chi connectivity index (χ4v) is 3.12. The Morgan fingerprint density at radius 3 is 2.90 bits per heavy atom. The van der Waals surface area contributed by atoms with Gasteiger partial charge in [-0.1, -0.05) is 36.3 Å². The number of hydrogen-bond acceptors (Lipinski definition) is 4. The van der Waals surface area contributed by atoms with Gasteiger partial charge in [0.25, 0.3) is 0 Å². The maximum Gasteiger partial charge on any atom is 0.234 e. The van der Waals surface area contributed by atoms with Crippen LogP contribution in [0.4, 0.5) is 0 Å². The van der Waals surface area contributed by atoms with Crippen molar-refractivity contribution in [2.75, 3.05) is 13.1 Å². The van der Waals surface area contributed by atoms with Crippen LogP contribution >= 0.6 is 0 Å². The molecule has 4 heteroatoms. The molecule has 112 valence electrons. The van der Waals surface area contributed by atoms with Gasteiger partial charge in [0.2, 0.25) is 5.89 Å². The predicted octanol–water partition coefficient (Wildman–Crippen LogP) is 3.00. The van der Waals surface area contributed by atoms with Crippen molar-refractivity contribution in [1.82, 2.24) is 15.5 Å². The van der Waals surface area contributed by atoms with Gasteiger partial charge in [-0.15, -0.1) is 0 Å². The topological polar surface area (TPSA) is 51.0 Å². The van der Waals surface area contributed by atoms with Crippen molar-refractivity contribution in [3.8, 4) is 0 Å². The van der Waals surface area contributed by atoms with E-state index in [0.29, 0.717) is 0 Å². The van der Waals surface area contributed by atoms with E-state index in [9.17, 15) is 0 Å². The van der Waals surface area contributed by atoms with E-state index in [2.05, 4.69) is 48.6 Å². The largest absolute Gasteiger partial charge is 0.339 e. The zero-order valence-electron chi connectivity index (χ0n) is 12.9. The molecule has 0 aliphatic carbocycles. The van der Waals surface area contributed by atoms with Crippen LogP contribution in [0, 0.1) is 6.92 Å². The van der Waals surface area contributed by atoms with Crippen molar-refractivity contribution >= 4 is 0 Å². The maximum atomic E-state index is 5.61. The number of hydrogen-bond donors (Lipinski definition) is 1. The van der Waals surface area contributed by atoms with Crippen molar-refractivity contribution in [3.63, 3.8) is 0 Å². The molecule has 3 rings (SSSR count). The van der Waals surface area contributed by atoms with Gasteiger partial charge in [-0.05, 0) is 43.9 Å². The number of nitrogens with one attached hydrogen (secondary N) is 1. The lowest BCUT2D eigenvalue weighted by molar-refractivity contribution is 0.220. The summed E-state index contributed by atoms with van der Waals surface area (Å²) in [6.45, 7) is 6.36. The Morgan fingerprint density at radius 2 is 2.19 bits per heavy atom. The van der Waals surface area contributed by atoms with Crippen LogP contribution in [0.15, 0.2) is 28.8 Å². The SMILES string of the molecule is CCC1(c2nc(Cc3ccccc3C)no2)CCCNC1. The second-order valence-corrected chi connectivity index (χ2v) is 6.03. The van der Waals surface area contributed by atoms with Gasteiger partial charge in [-0.2, -0.15) is 4.98 Å².